The minimum absolute atomic E-state index is 0.251. The lowest BCUT2D eigenvalue weighted by Crippen LogP contribution is -2.49. The first kappa shape index (κ1) is 22.1. The molecule has 2 fully saturated rings. The molecule has 7 heteroatoms. The van der Waals surface area contributed by atoms with Crippen LogP contribution in [0.3, 0.4) is 0 Å². The minimum atomic E-state index is -3.67. The highest BCUT2D eigenvalue weighted by Crippen LogP contribution is 2.44. The van der Waals surface area contributed by atoms with Crippen molar-refractivity contribution >= 4 is 10.1 Å². The summed E-state index contributed by atoms with van der Waals surface area (Å²) in [5.41, 5.74) is 7.28. The molecular formula is C20H34N2O4S. The van der Waals surface area contributed by atoms with Crippen LogP contribution in [0.2, 0.25) is 0 Å². The number of likely N-dealkylation sites (tertiary alicyclic amines) is 1. The van der Waals surface area contributed by atoms with E-state index in [9.17, 15) is 8.42 Å². The van der Waals surface area contributed by atoms with Gasteiger partial charge in [0.05, 0.1) is 6.26 Å². The van der Waals surface area contributed by atoms with Crippen LogP contribution < -0.4 is 10.5 Å². The molecule has 1 aliphatic heterocycles. The fourth-order valence-electron chi connectivity index (χ4n) is 4.30. The zero-order valence-corrected chi connectivity index (χ0v) is 17.2. The van der Waals surface area contributed by atoms with Crippen LogP contribution in [-0.4, -0.2) is 50.4 Å². The predicted octanol–water partition coefficient (Wildman–Crippen LogP) is 3.17. The van der Waals surface area contributed by atoms with Crippen molar-refractivity contribution in [1.29, 1.82) is 0 Å². The topological polar surface area (TPSA) is 92.9 Å². The summed E-state index contributed by atoms with van der Waals surface area (Å²) in [4.78, 5) is 2.78. The van der Waals surface area contributed by atoms with E-state index in [1.807, 2.05) is 0 Å². The average Bonchev–Trinajstić information content (AvgIpc) is 2.66. The Bertz CT molecular complexity index is 658. The van der Waals surface area contributed by atoms with Gasteiger partial charge in [0.2, 0.25) is 0 Å². The fraction of sp³-hybridized carbons (Fsp3) is 0.700. The first-order valence-corrected chi connectivity index (χ1v) is 11.8. The summed E-state index contributed by atoms with van der Waals surface area (Å²) in [6.45, 7) is 3.68. The zero-order valence-electron chi connectivity index (χ0n) is 16.4. The number of ether oxygens (including phenoxy) is 1. The molecule has 6 nitrogen and oxygen atoms in total. The van der Waals surface area contributed by atoms with Gasteiger partial charge in [0, 0.05) is 12.1 Å². The number of benzene rings is 1. The Labute approximate surface area is 163 Å². The second-order valence-electron chi connectivity index (χ2n) is 7.54. The molecule has 0 aromatic heterocycles. The number of hydrogen-bond donors (Lipinski definition) is 2. The van der Waals surface area contributed by atoms with Crippen molar-refractivity contribution in [3.05, 3.63) is 29.8 Å². The first-order valence-electron chi connectivity index (χ1n) is 9.96. The lowest BCUT2D eigenvalue weighted by Gasteiger charge is -2.48. The van der Waals surface area contributed by atoms with Gasteiger partial charge in [-0.05, 0) is 56.5 Å². The normalized spacial score (nSPS) is 20.4. The van der Waals surface area contributed by atoms with Crippen LogP contribution in [0.1, 0.15) is 56.9 Å². The molecule has 0 bridgehead atoms. The smallest absolute Gasteiger partial charge is 0.261 e. The van der Waals surface area contributed by atoms with E-state index in [0.29, 0.717) is 19.4 Å². The summed E-state index contributed by atoms with van der Waals surface area (Å²) < 4.78 is 31.6. The van der Waals surface area contributed by atoms with E-state index >= 15 is 0 Å². The Morgan fingerprint density at radius 2 is 1.70 bits per heavy atom. The highest BCUT2D eigenvalue weighted by molar-refractivity contribution is 7.85. The summed E-state index contributed by atoms with van der Waals surface area (Å²) in [6, 6.07) is 8.80. The largest absolute Gasteiger partial charge is 0.492 e. The molecule has 3 N–H and O–H groups in total. The van der Waals surface area contributed by atoms with Gasteiger partial charge in [-0.3, -0.25) is 9.45 Å². The summed E-state index contributed by atoms with van der Waals surface area (Å²) >= 11 is 0. The molecule has 1 aromatic rings. The zero-order chi connectivity index (χ0) is 19.8. The third-order valence-corrected chi connectivity index (χ3v) is 5.40. The van der Waals surface area contributed by atoms with Gasteiger partial charge >= 0.3 is 0 Å². The van der Waals surface area contributed by atoms with Crippen LogP contribution in [0.25, 0.3) is 0 Å². The Balaban J connectivity index is 0.000000465. The summed E-state index contributed by atoms with van der Waals surface area (Å²) in [5.74, 6) is 0.977. The van der Waals surface area contributed by atoms with E-state index in [-0.39, 0.29) is 5.54 Å². The Kier molecular flexibility index (Phi) is 8.54. The molecule has 1 aliphatic carbocycles. The molecule has 0 atom stereocenters. The molecule has 27 heavy (non-hydrogen) atoms. The molecule has 1 saturated heterocycles. The van der Waals surface area contributed by atoms with Crippen LogP contribution in [0.5, 0.6) is 5.75 Å². The fourth-order valence-corrected chi connectivity index (χ4v) is 4.30. The summed E-state index contributed by atoms with van der Waals surface area (Å²) in [6.07, 6.45) is 11.5. The van der Waals surface area contributed by atoms with Crippen molar-refractivity contribution in [1.82, 2.24) is 4.90 Å². The lowest BCUT2D eigenvalue weighted by atomic mass is 9.74. The molecule has 0 unspecified atom stereocenters. The van der Waals surface area contributed by atoms with Crippen LogP contribution in [-0.2, 0) is 15.7 Å². The lowest BCUT2D eigenvalue weighted by molar-refractivity contribution is 0.0301. The number of nitrogens with two attached hydrogens (primary N) is 1. The Morgan fingerprint density at radius 1 is 1.11 bits per heavy atom. The molecule has 0 amide bonds. The number of nitrogens with zero attached hydrogens (tertiary/aromatic N) is 1. The Morgan fingerprint density at radius 3 is 2.30 bits per heavy atom. The third-order valence-electron chi connectivity index (χ3n) is 5.40. The maximum atomic E-state index is 9.19. The number of rotatable bonds is 5. The van der Waals surface area contributed by atoms with Crippen molar-refractivity contribution in [2.45, 2.75) is 56.9 Å². The molecule has 0 radical (unpaired) electrons. The minimum Gasteiger partial charge on any atom is -0.492 e. The summed E-state index contributed by atoms with van der Waals surface area (Å²) in [7, 11) is -3.67. The average molecular weight is 399 g/mol. The van der Waals surface area contributed by atoms with Crippen molar-refractivity contribution in [2.75, 3.05) is 32.5 Å². The van der Waals surface area contributed by atoms with Gasteiger partial charge in [-0.1, -0.05) is 37.8 Å². The molecule has 3 rings (SSSR count). The van der Waals surface area contributed by atoms with Crippen LogP contribution in [0.4, 0.5) is 0 Å². The maximum Gasteiger partial charge on any atom is 0.261 e. The van der Waals surface area contributed by atoms with E-state index in [4.69, 9.17) is 15.0 Å². The van der Waals surface area contributed by atoms with Gasteiger partial charge in [-0.25, -0.2) is 0 Å². The van der Waals surface area contributed by atoms with Crippen LogP contribution in [0, 0.1) is 0 Å². The number of piperidine rings is 1. The predicted molar refractivity (Wildman–Crippen MR) is 109 cm³/mol. The van der Waals surface area contributed by atoms with E-state index in [2.05, 4.69) is 29.2 Å². The van der Waals surface area contributed by atoms with Crippen molar-refractivity contribution in [2.24, 2.45) is 5.73 Å². The summed E-state index contributed by atoms with van der Waals surface area (Å²) in [5, 5.41) is 0. The number of hydrogen-bond acceptors (Lipinski definition) is 5. The Hall–Kier alpha value is -1.15. The van der Waals surface area contributed by atoms with Crippen LogP contribution in [0.15, 0.2) is 24.3 Å². The van der Waals surface area contributed by atoms with E-state index in [1.165, 1.54) is 70.0 Å². The second kappa shape index (κ2) is 10.4. The molecular weight excluding hydrogens is 364 g/mol. The molecule has 154 valence electrons. The molecule has 1 aromatic carbocycles. The maximum absolute atomic E-state index is 9.19. The highest BCUT2D eigenvalue weighted by atomic mass is 32.2. The van der Waals surface area contributed by atoms with Gasteiger partial charge in [0.1, 0.15) is 12.4 Å². The molecule has 1 heterocycles. The standard InChI is InChI=1S/C19H30N2O.CH4O3S/c20-12-15-22-18-9-7-8-17(16-18)19(10-3-1-4-11-19)21-13-5-2-6-14-21;1-5(2,3)4/h7-9,16H,1-6,10-15,20H2;1H3,(H,2,3,4). The molecule has 2 aliphatic rings. The van der Waals surface area contributed by atoms with Crippen molar-refractivity contribution < 1.29 is 17.7 Å². The van der Waals surface area contributed by atoms with Gasteiger partial charge in [-0.2, -0.15) is 8.42 Å². The van der Waals surface area contributed by atoms with Crippen molar-refractivity contribution in [3.63, 3.8) is 0 Å². The second-order valence-corrected chi connectivity index (χ2v) is 9.00. The molecule has 1 saturated carbocycles. The quantitative estimate of drug-likeness (QED) is 0.740. The monoisotopic (exact) mass is 398 g/mol. The van der Waals surface area contributed by atoms with E-state index < -0.39 is 10.1 Å². The highest BCUT2D eigenvalue weighted by Gasteiger charge is 2.39. The van der Waals surface area contributed by atoms with Crippen LogP contribution >= 0.6 is 0 Å². The SMILES string of the molecule is CS(=O)(=O)O.NCCOc1cccc(C2(N3CCCCC3)CCCCC2)c1. The molecule has 0 spiro atoms. The van der Waals surface area contributed by atoms with Gasteiger partial charge in [0.25, 0.3) is 10.1 Å². The van der Waals surface area contributed by atoms with Gasteiger partial charge in [-0.15, -0.1) is 0 Å². The third kappa shape index (κ3) is 7.07. The first-order chi connectivity index (χ1) is 12.8. The van der Waals surface area contributed by atoms with E-state index in [0.717, 1.165) is 5.75 Å². The van der Waals surface area contributed by atoms with E-state index in [1.54, 1.807) is 0 Å². The van der Waals surface area contributed by atoms with Gasteiger partial charge < -0.3 is 10.5 Å². The van der Waals surface area contributed by atoms with Crippen molar-refractivity contribution in [3.8, 4) is 5.75 Å². The van der Waals surface area contributed by atoms with Gasteiger partial charge in [0.15, 0.2) is 0 Å².